The maximum atomic E-state index is 12.7. The van der Waals surface area contributed by atoms with Gasteiger partial charge in [0.25, 0.3) is 0 Å². The van der Waals surface area contributed by atoms with Crippen molar-refractivity contribution in [2.24, 2.45) is 5.41 Å². The highest BCUT2D eigenvalue weighted by Gasteiger charge is 2.24. The number of carbonyl (C=O) groups excluding carboxylic acids is 3. The van der Waals surface area contributed by atoms with E-state index in [2.05, 4.69) is 10.6 Å². The van der Waals surface area contributed by atoms with Gasteiger partial charge in [0.1, 0.15) is 18.1 Å². The standard InChI is InChI=1S/C22H29N3O5/c1-22(2,3)12-21(28)25(14-18-6-5-11-30-18)15-20(27)23-13-19(26)24-16-7-9-17(29-4)10-8-16/h5-11H,12-15H2,1-4H3,(H,23,27)(H,24,26). The zero-order valence-corrected chi connectivity index (χ0v) is 17.9. The fraction of sp³-hybridized carbons (Fsp3) is 0.409. The van der Waals surface area contributed by atoms with Crippen LogP contribution in [-0.2, 0) is 20.9 Å². The molecule has 2 aromatic rings. The molecule has 3 amide bonds. The molecule has 0 spiro atoms. The average molecular weight is 415 g/mol. The van der Waals surface area contributed by atoms with Crippen LogP contribution in [0.15, 0.2) is 47.1 Å². The Hall–Kier alpha value is -3.29. The Morgan fingerprint density at radius 1 is 1.07 bits per heavy atom. The van der Waals surface area contributed by atoms with E-state index >= 15 is 0 Å². The third-order valence-corrected chi connectivity index (χ3v) is 4.12. The number of methoxy groups -OCH3 is 1. The number of furan rings is 1. The number of anilines is 1. The minimum Gasteiger partial charge on any atom is -0.497 e. The van der Waals surface area contributed by atoms with Crippen LogP contribution in [0.3, 0.4) is 0 Å². The Morgan fingerprint density at radius 2 is 1.77 bits per heavy atom. The van der Waals surface area contributed by atoms with Gasteiger partial charge in [0.05, 0.1) is 26.5 Å². The Balaban J connectivity index is 1.88. The second kappa shape index (κ2) is 10.5. The van der Waals surface area contributed by atoms with Crippen LogP contribution in [0.4, 0.5) is 5.69 Å². The minimum atomic E-state index is -0.423. The predicted molar refractivity (Wildman–Crippen MR) is 113 cm³/mol. The molecule has 0 aliphatic rings. The first-order valence-electron chi connectivity index (χ1n) is 9.67. The van der Waals surface area contributed by atoms with Crippen molar-refractivity contribution >= 4 is 23.4 Å². The van der Waals surface area contributed by atoms with Gasteiger partial charge in [-0.2, -0.15) is 0 Å². The summed E-state index contributed by atoms with van der Waals surface area (Å²) in [6.45, 7) is 5.70. The van der Waals surface area contributed by atoms with Gasteiger partial charge in [-0.1, -0.05) is 20.8 Å². The molecule has 0 bridgehead atoms. The molecule has 0 aliphatic heterocycles. The molecular formula is C22H29N3O5. The Kier molecular flexibility index (Phi) is 8.03. The molecule has 0 aliphatic carbocycles. The molecule has 162 valence electrons. The molecule has 1 aromatic heterocycles. The van der Waals surface area contributed by atoms with Crippen molar-refractivity contribution in [2.75, 3.05) is 25.5 Å². The summed E-state index contributed by atoms with van der Waals surface area (Å²) in [5, 5.41) is 5.24. The fourth-order valence-electron chi connectivity index (χ4n) is 2.68. The molecule has 2 N–H and O–H groups in total. The lowest BCUT2D eigenvalue weighted by molar-refractivity contribution is -0.138. The van der Waals surface area contributed by atoms with Crippen LogP contribution < -0.4 is 15.4 Å². The first-order valence-corrected chi connectivity index (χ1v) is 9.67. The summed E-state index contributed by atoms with van der Waals surface area (Å²) in [5.41, 5.74) is 0.377. The number of benzene rings is 1. The van der Waals surface area contributed by atoms with E-state index in [9.17, 15) is 14.4 Å². The maximum absolute atomic E-state index is 12.7. The van der Waals surface area contributed by atoms with Crippen molar-refractivity contribution in [1.82, 2.24) is 10.2 Å². The van der Waals surface area contributed by atoms with E-state index in [1.165, 1.54) is 11.2 Å². The monoisotopic (exact) mass is 415 g/mol. The second-order valence-electron chi connectivity index (χ2n) is 8.12. The van der Waals surface area contributed by atoms with Gasteiger partial charge >= 0.3 is 0 Å². The topological polar surface area (TPSA) is 101 Å². The molecule has 0 radical (unpaired) electrons. The van der Waals surface area contributed by atoms with Gasteiger partial charge < -0.3 is 24.7 Å². The van der Waals surface area contributed by atoms with Gasteiger partial charge in [0, 0.05) is 12.1 Å². The lowest BCUT2D eigenvalue weighted by Gasteiger charge is -2.25. The lowest BCUT2D eigenvalue weighted by Crippen LogP contribution is -2.43. The second-order valence-corrected chi connectivity index (χ2v) is 8.12. The van der Waals surface area contributed by atoms with Crippen molar-refractivity contribution in [1.29, 1.82) is 0 Å². The Labute approximate surface area is 176 Å². The number of nitrogens with zero attached hydrogens (tertiary/aromatic N) is 1. The zero-order chi connectivity index (χ0) is 22.1. The van der Waals surface area contributed by atoms with Gasteiger partial charge in [-0.05, 0) is 41.8 Å². The van der Waals surface area contributed by atoms with Gasteiger partial charge in [0.15, 0.2) is 0 Å². The summed E-state index contributed by atoms with van der Waals surface area (Å²) in [4.78, 5) is 38.5. The van der Waals surface area contributed by atoms with Gasteiger partial charge in [-0.25, -0.2) is 0 Å². The lowest BCUT2D eigenvalue weighted by atomic mass is 9.91. The van der Waals surface area contributed by atoms with E-state index in [-0.39, 0.29) is 36.9 Å². The van der Waals surface area contributed by atoms with E-state index < -0.39 is 5.91 Å². The molecule has 8 heteroatoms. The van der Waals surface area contributed by atoms with E-state index in [4.69, 9.17) is 9.15 Å². The van der Waals surface area contributed by atoms with Crippen molar-refractivity contribution < 1.29 is 23.5 Å². The molecule has 0 saturated carbocycles. The number of hydrogen-bond donors (Lipinski definition) is 2. The Morgan fingerprint density at radius 3 is 2.33 bits per heavy atom. The molecule has 0 unspecified atom stereocenters. The van der Waals surface area contributed by atoms with E-state index in [0.29, 0.717) is 23.6 Å². The summed E-state index contributed by atoms with van der Waals surface area (Å²) in [7, 11) is 1.56. The summed E-state index contributed by atoms with van der Waals surface area (Å²) in [5.74, 6) is 0.317. The number of rotatable bonds is 9. The molecular weight excluding hydrogens is 386 g/mol. The summed E-state index contributed by atoms with van der Waals surface area (Å²) >= 11 is 0. The quantitative estimate of drug-likeness (QED) is 0.656. The normalized spacial score (nSPS) is 10.9. The number of amides is 3. The van der Waals surface area contributed by atoms with E-state index in [1.807, 2.05) is 20.8 Å². The number of hydrogen-bond acceptors (Lipinski definition) is 5. The van der Waals surface area contributed by atoms with Crippen LogP contribution in [-0.4, -0.2) is 42.8 Å². The van der Waals surface area contributed by atoms with Gasteiger partial charge in [0.2, 0.25) is 17.7 Å². The van der Waals surface area contributed by atoms with Crippen molar-refractivity contribution in [3.05, 3.63) is 48.4 Å². The molecule has 0 atom stereocenters. The SMILES string of the molecule is COc1ccc(NC(=O)CNC(=O)CN(Cc2ccco2)C(=O)CC(C)(C)C)cc1. The van der Waals surface area contributed by atoms with Crippen LogP contribution in [0.25, 0.3) is 0 Å². The van der Waals surface area contributed by atoms with Crippen molar-refractivity contribution in [3.8, 4) is 5.75 Å². The molecule has 0 fully saturated rings. The highest BCUT2D eigenvalue weighted by atomic mass is 16.5. The number of ether oxygens (including phenoxy) is 1. The third-order valence-electron chi connectivity index (χ3n) is 4.12. The van der Waals surface area contributed by atoms with Gasteiger partial charge in [-0.15, -0.1) is 0 Å². The van der Waals surface area contributed by atoms with Crippen LogP contribution in [0.2, 0.25) is 0 Å². The first-order chi connectivity index (χ1) is 14.2. The minimum absolute atomic E-state index is 0.156. The number of carbonyl (C=O) groups is 3. The number of nitrogens with one attached hydrogen (secondary N) is 2. The molecule has 2 rings (SSSR count). The molecule has 1 aromatic carbocycles. The fourth-order valence-corrected chi connectivity index (χ4v) is 2.68. The predicted octanol–water partition coefficient (Wildman–Crippen LogP) is 2.81. The first kappa shape index (κ1) is 23.0. The van der Waals surface area contributed by atoms with Crippen LogP contribution in [0, 0.1) is 5.41 Å². The third kappa shape index (κ3) is 7.98. The largest absolute Gasteiger partial charge is 0.497 e. The average Bonchev–Trinajstić information content (AvgIpc) is 3.18. The summed E-state index contributed by atoms with van der Waals surface area (Å²) < 4.78 is 10.4. The highest BCUT2D eigenvalue weighted by Crippen LogP contribution is 2.20. The van der Waals surface area contributed by atoms with Crippen LogP contribution in [0.1, 0.15) is 33.0 Å². The summed E-state index contributed by atoms with van der Waals surface area (Å²) in [6.07, 6.45) is 1.81. The van der Waals surface area contributed by atoms with Crippen LogP contribution in [0.5, 0.6) is 5.75 Å². The van der Waals surface area contributed by atoms with Gasteiger partial charge in [-0.3, -0.25) is 14.4 Å². The van der Waals surface area contributed by atoms with E-state index in [1.54, 1.807) is 43.5 Å². The smallest absolute Gasteiger partial charge is 0.243 e. The molecule has 1 heterocycles. The molecule has 30 heavy (non-hydrogen) atoms. The highest BCUT2D eigenvalue weighted by molar-refractivity contribution is 5.95. The van der Waals surface area contributed by atoms with Crippen molar-refractivity contribution in [3.63, 3.8) is 0 Å². The van der Waals surface area contributed by atoms with E-state index in [0.717, 1.165) is 0 Å². The zero-order valence-electron chi connectivity index (χ0n) is 17.9. The molecule has 8 nitrogen and oxygen atoms in total. The molecule has 0 saturated heterocycles. The Bertz CT molecular complexity index is 839. The summed E-state index contributed by atoms with van der Waals surface area (Å²) in [6, 6.07) is 10.3. The maximum Gasteiger partial charge on any atom is 0.243 e. The van der Waals surface area contributed by atoms with Crippen LogP contribution >= 0.6 is 0 Å². The van der Waals surface area contributed by atoms with Crippen molar-refractivity contribution in [2.45, 2.75) is 33.7 Å².